The SMILES string of the molecule is CCCCC[C@H]1CC[C@H](C2CCC(c3ccc(C(F)(F)C(F)(F)C(F)(F)C(F)(F)C(F)(F)C(F)(F)C(F)(F)C(F)(F)C(F)(F)F)cc3)CC2)CC1. The second kappa shape index (κ2) is 14.3. The maximum Gasteiger partial charge on any atom is 0.460 e. The molecule has 2 saturated carbocycles. The van der Waals surface area contributed by atoms with Gasteiger partial charge in [0.1, 0.15) is 0 Å². The Morgan fingerprint density at radius 2 is 0.824 bits per heavy atom. The van der Waals surface area contributed by atoms with E-state index in [0.29, 0.717) is 43.4 Å². The summed E-state index contributed by atoms with van der Waals surface area (Å²) in [5.41, 5.74) is -2.04. The minimum absolute atomic E-state index is 0.0359. The second-order valence-electron chi connectivity index (χ2n) is 13.6. The molecule has 0 bridgehead atoms. The largest absolute Gasteiger partial charge is 0.460 e. The lowest BCUT2D eigenvalue weighted by atomic mass is 9.68. The summed E-state index contributed by atoms with van der Waals surface area (Å²) in [6, 6.07) is 1.53. The molecular weight excluding hydrogens is 745 g/mol. The molecule has 296 valence electrons. The first-order valence-corrected chi connectivity index (χ1v) is 16.2. The smallest absolute Gasteiger partial charge is 0.194 e. The second-order valence-corrected chi connectivity index (χ2v) is 13.6. The molecule has 2 aliphatic carbocycles. The average molecular weight is 781 g/mol. The molecule has 2 fully saturated rings. The lowest BCUT2D eigenvalue weighted by Crippen LogP contribution is -2.75. The fraction of sp³-hybridized carbons (Fsp3) is 0.812. The highest BCUT2D eigenvalue weighted by atomic mass is 19.4. The van der Waals surface area contributed by atoms with Gasteiger partial charge in [0.25, 0.3) is 0 Å². The minimum atomic E-state index is -8.92. The summed E-state index contributed by atoms with van der Waals surface area (Å²) >= 11 is 0. The molecule has 0 saturated heterocycles. The van der Waals surface area contributed by atoms with Crippen molar-refractivity contribution < 1.29 is 83.4 Å². The van der Waals surface area contributed by atoms with Crippen LogP contribution in [0.4, 0.5) is 83.4 Å². The van der Waals surface area contributed by atoms with Crippen LogP contribution in [0.3, 0.4) is 0 Å². The van der Waals surface area contributed by atoms with Crippen LogP contribution in [0, 0.1) is 17.8 Å². The third-order valence-electron chi connectivity index (χ3n) is 10.4. The normalized spacial score (nSPS) is 24.2. The first-order valence-electron chi connectivity index (χ1n) is 16.2. The molecule has 19 heteroatoms. The summed E-state index contributed by atoms with van der Waals surface area (Å²) in [4.78, 5) is 0. The van der Waals surface area contributed by atoms with Crippen molar-refractivity contribution in [1.29, 1.82) is 0 Å². The van der Waals surface area contributed by atoms with E-state index in [1.54, 1.807) is 0 Å². The van der Waals surface area contributed by atoms with E-state index in [1.807, 2.05) is 0 Å². The fourth-order valence-corrected chi connectivity index (χ4v) is 7.06. The first-order chi connectivity index (χ1) is 23.0. The highest BCUT2D eigenvalue weighted by Gasteiger charge is 2.96. The number of hydrogen-bond donors (Lipinski definition) is 0. The van der Waals surface area contributed by atoms with E-state index in [0.717, 1.165) is 44.2 Å². The van der Waals surface area contributed by atoms with Gasteiger partial charge in [0.05, 0.1) is 0 Å². The zero-order chi connectivity index (χ0) is 39.3. The molecule has 3 rings (SSSR count). The van der Waals surface area contributed by atoms with E-state index in [-0.39, 0.29) is 23.6 Å². The van der Waals surface area contributed by atoms with Gasteiger partial charge in [-0.2, -0.15) is 83.4 Å². The van der Waals surface area contributed by atoms with Gasteiger partial charge in [0, 0.05) is 5.56 Å². The molecule has 0 amide bonds. The van der Waals surface area contributed by atoms with E-state index in [9.17, 15) is 83.4 Å². The Morgan fingerprint density at radius 1 is 0.451 bits per heavy atom. The predicted octanol–water partition coefficient (Wildman–Crippen LogP) is 13.4. The Bertz CT molecular complexity index is 1280. The van der Waals surface area contributed by atoms with Crippen LogP contribution in [0.25, 0.3) is 0 Å². The Balaban J connectivity index is 1.77. The molecule has 51 heavy (non-hydrogen) atoms. The van der Waals surface area contributed by atoms with Crippen LogP contribution in [0.1, 0.15) is 101 Å². The first kappa shape index (κ1) is 43.3. The van der Waals surface area contributed by atoms with Crippen molar-refractivity contribution in [3.05, 3.63) is 35.4 Å². The fourth-order valence-electron chi connectivity index (χ4n) is 7.06. The molecular formula is C32H35F19. The lowest BCUT2D eigenvalue weighted by molar-refractivity contribution is -0.469. The van der Waals surface area contributed by atoms with Crippen LogP contribution in [-0.4, -0.2) is 47.6 Å². The van der Waals surface area contributed by atoms with E-state index >= 15 is 0 Å². The Kier molecular flexibility index (Phi) is 12.1. The third kappa shape index (κ3) is 7.13. The van der Waals surface area contributed by atoms with E-state index < -0.39 is 59.1 Å². The summed E-state index contributed by atoms with van der Waals surface area (Å²) in [5, 5.41) is 0. The highest BCUT2D eigenvalue weighted by Crippen LogP contribution is 2.66. The zero-order valence-electron chi connectivity index (χ0n) is 26.8. The van der Waals surface area contributed by atoms with Gasteiger partial charge in [0.2, 0.25) is 0 Å². The van der Waals surface area contributed by atoms with Crippen molar-refractivity contribution in [2.45, 2.75) is 143 Å². The molecule has 0 unspecified atom stereocenters. The van der Waals surface area contributed by atoms with Gasteiger partial charge in [-0.3, -0.25) is 0 Å². The standard InChI is InChI=1S/C32H35F19/c1-2-3-4-5-18-6-8-19(9-7-18)20-10-12-21(13-11-20)22-14-16-23(17-15-22)24(33,34)25(35,36)26(37,38)27(39,40)28(41,42)29(43,44)30(45,46)31(47,48)32(49,50)51/h14-21H,2-13H2,1H3/t18-,19-,20?,21?. The molecule has 2 aliphatic rings. The van der Waals surface area contributed by atoms with Crippen molar-refractivity contribution in [1.82, 2.24) is 0 Å². The summed E-state index contributed by atoms with van der Waals surface area (Å²) < 4.78 is 260. The summed E-state index contributed by atoms with van der Waals surface area (Å²) in [7, 11) is 0. The van der Waals surface area contributed by atoms with Crippen LogP contribution in [0.5, 0.6) is 0 Å². The molecule has 0 aromatic heterocycles. The predicted molar refractivity (Wildman–Crippen MR) is 145 cm³/mol. The number of halogens is 19. The van der Waals surface area contributed by atoms with Gasteiger partial charge in [-0.05, 0) is 67.8 Å². The van der Waals surface area contributed by atoms with Crippen LogP contribution in [-0.2, 0) is 5.92 Å². The van der Waals surface area contributed by atoms with Crippen LogP contribution >= 0.6 is 0 Å². The molecule has 0 nitrogen and oxygen atoms in total. The van der Waals surface area contributed by atoms with Crippen LogP contribution in [0.15, 0.2) is 24.3 Å². The van der Waals surface area contributed by atoms with Crippen molar-refractivity contribution in [3.63, 3.8) is 0 Å². The topological polar surface area (TPSA) is 0 Å². The molecule has 0 heterocycles. The van der Waals surface area contributed by atoms with E-state index in [1.165, 1.54) is 19.3 Å². The Morgan fingerprint density at radius 3 is 1.22 bits per heavy atom. The third-order valence-corrected chi connectivity index (χ3v) is 10.4. The monoisotopic (exact) mass is 780 g/mol. The van der Waals surface area contributed by atoms with Crippen molar-refractivity contribution in [2.24, 2.45) is 17.8 Å². The van der Waals surface area contributed by atoms with Gasteiger partial charge in [-0.1, -0.05) is 69.7 Å². The maximum atomic E-state index is 14.8. The van der Waals surface area contributed by atoms with Gasteiger partial charge in [0.15, 0.2) is 0 Å². The lowest BCUT2D eigenvalue weighted by Gasteiger charge is -2.43. The van der Waals surface area contributed by atoms with Gasteiger partial charge >= 0.3 is 53.6 Å². The quantitative estimate of drug-likeness (QED) is 0.130. The molecule has 0 atom stereocenters. The number of alkyl halides is 19. The minimum Gasteiger partial charge on any atom is -0.194 e. The van der Waals surface area contributed by atoms with E-state index in [4.69, 9.17) is 0 Å². The van der Waals surface area contributed by atoms with Crippen molar-refractivity contribution in [2.75, 3.05) is 0 Å². The molecule has 1 aromatic carbocycles. The summed E-state index contributed by atoms with van der Waals surface area (Å²) in [6.45, 7) is 2.12. The molecule has 0 spiro atoms. The van der Waals surface area contributed by atoms with Gasteiger partial charge in [-0.25, -0.2) is 0 Å². The van der Waals surface area contributed by atoms with Gasteiger partial charge in [-0.15, -0.1) is 0 Å². The maximum absolute atomic E-state index is 14.8. The van der Waals surface area contributed by atoms with Crippen LogP contribution in [0.2, 0.25) is 0 Å². The number of benzene rings is 1. The average Bonchev–Trinajstić information content (AvgIpc) is 3.04. The summed E-state index contributed by atoms with van der Waals surface area (Å²) in [6.07, 6.45) is 3.42. The Labute approximate surface area is 280 Å². The van der Waals surface area contributed by atoms with Gasteiger partial charge < -0.3 is 0 Å². The number of rotatable bonds is 14. The Hall–Kier alpha value is -2.11. The van der Waals surface area contributed by atoms with Crippen molar-refractivity contribution >= 4 is 0 Å². The molecule has 0 N–H and O–H groups in total. The molecule has 0 aliphatic heterocycles. The zero-order valence-corrected chi connectivity index (χ0v) is 26.8. The molecule has 0 radical (unpaired) electrons. The van der Waals surface area contributed by atoms with Crippen molar-refractivity contribution in [3.8, 4) is 0 Å². The highest BCUT2D eigenvalue weighted by molar-refractivity contribution is 5.31. The molecule has 1 aromatic rings. The number of unbranched alkanes of at least 4 members (excludes halogenated alkanes) is 2. The summed E-state index contributed by atoms with van der Waals surface area (Å²) in [5.74, 6) is -65.5. The van der Waals surface area contributed by atoms with E-state index in [2.05, 4.69) is 6.92 Å². The number of hydrogen-bond acceptors (Lipinski definition) is 0. The van der Waals surface area contributed by atoms with Crippen LogP contribution < -0.4 is 0 Å².